The van der Waals surface area contributed by atoms with E-state index in [0.717, 1.165) is 32.4 Å². The van der Waals surface area contributed by atoms with Crippen molar-refractivity contribution in [1.29, 1.82) is 0 Å². The molecule has 0 rings (SSSR count). The SMILES string of the molecule is C=CCNCCCCC(NC(=O)CCC)C(N)=O. The van der Waals surface area contributed by atoms with Crippen LogP contribution in [0.2, 0.25) is 0 Å². The van der Waals surface area contributed by atoms with Crippen LogP contribution in [0.5, 0.6) is 0 Å². The summed E-state index contributed by atoms with van der Waals surface area (Å²) in [6.45, 7) is 7.19. The van der Waals surface area contributed by atoms with Gasteiger partial charge in [0.05, 0.1) is 0 Å². The Balaban J connectivity index is 3.80. The second-order valence-corrected chi connectivity index (χ2v) is 4.26. The second kappa shape index (κ2) is 10.8. The largest absolute Gasteiger partial charge is 0.368 e. The molecule has 0 bridgehead atoms. The molecule has 104 valence electrons. The number of carbonyl (C=O) groups excluding carboxylic acids is 2. The van der Waals surface area contributed by atoms with Crippen LogP contribution in [0.25, 0.3) is 0 Å². The predicted octanol–water partition coefficient (Wildman–Crippen LogP) is 0.703. The first-order valence-electron chi connectivity index (χ1n) is 6.52. The minimum Gasteiger partial charge on any atom is -0.368 e. The van der Waals surface area contributed by atoms with Crippen molar-refractivity contribution in [2.24, 2.45) is 5.73 Å². The van der Waals surface area contributed by atoms with Crippen LogP contribution in [0, 0.1) is 0 Å². The van der Waals surface area contributed by atoms with Crippen LogP contribution >= 0.6 is 0 Å². The van der Waals surface area contributed by atoms with Gasteiger partial charge in [-0.2, -0.15) is 0 Å². The van der Waals surface area contributed by atoms with Crippen molar-refractivity contribution >= 4 is 11.8 Å². The van der Waals surface area contributed by atoms with Crippen molar-refractivity contribution < 1.29 is 9.59 Å². The summed E-state index contributed by atoms with van der Waals surface area (Å²) >= 11 is 0. The lowest BCUT2D eigenvalue weighted by atomic mass is 10.1. The fraction of sp³-hybridized carbons (Fsp3) is 0.692. The van der Waals surface area contributed by atoms with Gasteiger partial charge in [-0.15, -0.1) is 6.58 Å². The van der Waals surface area contributed by atoms with Crippen LogP contribution in [0.4, 0.5) is 0 Å². The topological polar surface area (TPSA) is 84.2 Å². The van der Waals surface area contributed by atoms with Gasteiger partial charge in [-0.3, -0.25) is 9.59 Å². The van der Waals surface area contributed by atoms with Crippen LogP contribution in [-0.2, 0) is 9.59 Å². The van der Waals surface area contributed by atoms with E-state index in [1.54, 1.807) is 6.08 Å². The van der Waals surface area contributed by atoms with E-state index in [0.29, 0.717) is 12.8 Å². The highest BCUT2D eigenvalue weighted by molar-refractivity contribution is 5.86. The zero-order valence-corrected chi connectivity index (χ0v) is 11.2. The predicted molar refractivity (Wildman–Crippen MR) is 73.0 cm³/mol. The van der Waals surface area contributed by atoms with Crippen LogP contribution in [-0.4, -0.2) is 30.9 Å². The summed E-state index contributed by atoms with van der Waals surface area (Å²) in [4.78, 5) is 22.6. The van der Waals surface area contributed by atoms with Gasteiger partial charge in [-0.1, -0.05) is 13.0 Å². The lowest BCUT2D eigenvalue weighted by Gasteiger charge is -2.15. The van der Waals surface area contributed by atoms with Crippen molar-refractivity contribution in [1.82, 2.24) is 10.6 Å². The molecule has 0 fully saturated rings. The fourth-order valence-electron chi connectivity index (χ4n) is 1.58. The molecule has 1 atom stereocenters. The third kappa shape index (κ3) is 8.75. The smallest absolute Gasteiger partial charge is 0.239 e. The van der Waals surface area contributed by atoms with Gasteiger partial charge in [0.1, 0.15) is 6.04 Å². The molecule has 0 aliphatic heterocycles. The van der Waals surface area contributed by atoms with E-state index in [2.05, 4.69) is 17.2 Å². The molecule has 0 radical (unpaired) electrons. The minimum atomic E-state index is -0.538. The molecule has 0 aliphatic carbocycles. The summed E-state index contributed by atoms with van der Waals surface area (Å²) in [7, 11) is 0. The molecular weight excluding hydrogens is 230 g/mol. The summed E-state index contributed by atoms with van der Waals surface area (Å²) < 4.78 is 0. The quantitative estimate of drug-likeness (QED) is 0.375. The van der Waals surface area contributed by atoms with Gasteiger partial charge in [0, 0.05) is 13.0 Å². The fourth-order valence-corrected chi connectivity index (χ4v) is 1.58. The molecule has 0 spiro atoms. The maximum absolute atomic E-state index is 11.4. The van der Waals surface area contributed by atoms with Crippen molar-refractivity contribution in [3.8, 4) is 0 Å². The Morgan fingerprint density at radius 3 is 2.67 bits per heavy atom. The summed E-state index contributed by atoms with van der Waals surface area (Å²) in [6, 6.07) is -0.538. The summed E-state index contributed by atoms with van der Waals surface area (Å²) in [6.07, 6.45) is 5.40. The molecule has 1 unspecified atom stereocenters. The van der Waals surface area contributed by atoms with Crippen molar-refractivity contribution in [2.45, 2.75) is 45.1 Å². The van der Waals surface area contributed by atoms with Crippen LogP contribution < -0.4 is 16.4 Å². The van der Waals surface area contributed by atoms with Crippen LogP contribution in [0.3, 0.4) is 0 Å². The summed E-state index contributed by atoms with van der Waals surface area (Å²) in [5.41, 5.74) is 5.26. The van der Waals surface area contributed by atoms with E-state index in [-0.39, 0.29) is 5.91 Å². The van der Waals surface area contributed by atoms with Crippen molar-refractivity contribution in [2.75, 3.05) is 13.1 Å². The molecule has 0 aromatic heterocycles. The van der Waals surface area contributed by atoms with Crippen molar-refractivity contribution in [3.05, 3.63) is 12.7 Å². The first-order valence-corrected chi connectivity index (χ1v) is 6.52. The Morgan fingerprint density at radius 2 is 2.11 bits per heavy atom. The molecule has 18 heavy (non-hydrogen) atoms. The van der Waals surface area contributed by atoms with E-state index in [4.69, 9.17) is 5.73 Å². The molecule has 0 aliphatic rings. The zero-order chi connectivity index (χ0) is 13.8. The highest BCUT2D eigenvalue weighted by Crippen LogP contribution is 2.01. The molecule has 0 saturated carbocycles. The first-order chi connectivity index (χ1) is 8.61. The normalized spacial score (nSPS) is 11.8. The highest BCUT2D eigenvalue weighted by Gasteiger charge is 2.16. The lowest BCUT2D eigenvalue weighted by molar-refractivity contribution is -0.127. The number of hydrogen-bond acceptors (Lipinski definition) is 3. The van der Waals surface area contributed by atoms with Gasteiger partial charge in [0.2, 0.25) is 11.8 Å². The number of unbranched alkanes of at least 4 members (excludes halogenated alkanes) is 1. The minimum absolute atomic E-state index is 0.105. The Kier molecular flexibility index (Phi) is 9.96. The van der Waals surface area contributed by atoms with Gasteiger partial charge < -0.3 is 16.4 Å². The standard InChI is InChI=1S/C13H25N3O2/c1-3-7-12(17)16-11(13(14)18)8-5-6-10-15-9-4-2/h4,11,15H,2-3,5-10H2,1H3,(H2,14,18)(H,16,17). The molecule has 0 heterocycles. The Morgan fingerprint density at radius 1 is 1.39 bits per heavy atom. The second-order valence-electron chi connectivity index (χ2n) is 4.26. The van der Waals surface area contributed by atoms with E-state index in [9.17, 15) is 9.59 Å². The van der Waals surface area contributed by atoms with Gasteiger partial charge in [-0.05, 0) is 32.2 Å². The number of amides is 2. The molecule has 5 heteroatoms. The molecule has 0 saturated heterocycles. The zero-order valence-electron chi connectivity index (χ0n) is 11.2. The molecule has 0 aromatic carbocycles. The Bertz CT molecular complexity index is 267. The number of rotatable bonds is 11. The van der Waals surface area contributed by atoms with Gasteiger partial charge >= 0.3 is 0 Å². The number of hydrogen-bond donors (Lipinski definition) is 3. The number of primary amides is 1. The Labute approximate surface area is 109 Å². The van der Waals surface area contributed by atoms with Gasteiger partial charge in [0.15, 0.2) is 0 Å². The first kappa shape index (κ1) is 16.6. The number of carbonyl (C=O) groups is 2. The summed E-state index contributed by atoms with van der Waals surface area (Å²) in [5.74, 6) is -0.565. The third-order valence-corrected chi connectivity index (χ3v) is 2.54. The molecule has 4 N–H and O–H groups in total. The monoisotopic (exact) mass is 255 g/mol. The van der Waals surface area contributed by atoms with Gasteiger partial charge in [-0.25, -0.2) is 0 Å². The maximum Gasteiger partial charge on any atom is 0.239 e. The van der Waals surface area contributed by atoms with E-state index in [1.807, 2.05) is 6.92 Å². The Hall–Kier alpha value is -1.36. The third-order valence-electron chi connectivity index (χ3n) is 2.54. The molecule has 2 amide bonds. The molecular formula is C13H25N3O2. The van der Waals surface area contributed by atoms with E-state index >= 15 is 0 Å². The maximum atomic E-state index is 11.4. The molecule has 5 nitrogen and oxygen atoms in total. The van der Waals surface area contributed by atoms with E-state index in [1.165, 1.54) is 0 Å². The van der Waals surface area contributed by atoms with E-state index < -0.39 is 11.9 Å². The van der Waals surface area contributed by atoms with Crippen molar-refractivity contribution in [3.63, 3.8) is 0 Å². The average Bonchev–Trinajstić information content (AvgIpc) is 2.32. The number of nitrogens with one attached hydrogen (secondary N) is 2. The average molecular weight is 255 g/mol. The molecule has 0 aromatic rings. The van der Waals surface area contributed by atoms with Crippen LogP contribution in [0.1, 0.15) is 39.0 Å². The highest BCUT2D eigenvalue weighted by atomic mass is 16.2. The number of nitrogens with two attached hydrogens (primary N) is 1. The van der Waals surface area contributed by atoms with Crippen LogP contribution in [0.15, 0.2) is 12.7 Å². The lowest BCUT2D eigenvalue weighted by Crippen LogP contribution is -2.44. The summed E-state index contributed by atoms with van der Waals surface area (Å²) in [5, 5.41) is 5.85. The van der Waals surface area contributed by atoms with Gasteiger partial charge in [0.25, 0.3) is 0 Å².